The van der Waals surface area contributed by atoms with Gasteiger partial charge in [-0.2, -0.15) is 0 Å². The van der Waals surface area contributed by atoms with E-state index < -0.39 is 0 Å². The van der Waals surface area contributed by atoms with Gasteiger partial charge in [-0.15, -0.1) is 0 Å². The minimum atomic E-state index is -0.239. The van der Waals surface area contributed by atoms with Crippen molar-refractivity contribution in [2.24, 2.45) is 5.92 Å². The van der Waals surface area contributed by atoms with Gasteiger partial charge >= 0.3 is 0 Å². The summed E-state index contributed by atoms with van der Waals surface area (Å²) >= 11 is 0. The number of aromatic hydroxyl groups is 1. The Hall–Kier alpha value is -3.09. The minimum absolute atomic E-state index is 0.00761. The highest BCUT2D eigenvalue weighted by molar-refractivity contribution is 5.78. The molecule has 7 nitrogen and oxygen atoms in total. The van der Waals surface area contributed by atoms with Gasteiger partial charge in [0.2, 0.25) is 5.91 Å². The van der Waals surface area contributed by atoms with Crippen LogP contribution in [0.4, 0.5) is 0 Å². The van der Waals surface area contributed by atoms with Crippen LogP contribution in [-0.4, -0.2) is 36.6 Å². The third kappa shape index (κ3) is 4.42. The molecule has 0 unspecified atom stereocenters. The molecule has 0 saturated carbocycles. The van der Waals surface area contributed by atoms with Crippen LogP contribution < -0.4 is 5.56 Å². The standard InChI is InChI=1S/C25H32N4O3/c1-17(2)16-29-21-9-5-4-8-20(21)26-25(29)22-10-6-13-28(22)23(31)11-7-12-27-18(3)14-19(30)15-24(27)32/h4-5,8-9,14-15,17,22,30H,6-7,10-13,16H2,1-3H3/t22-/m0/s1. The quantitative estimate of drug-likeness (QED) is 0.607. The second-order valence-corrected chi connectivity index (χ2v) is 9.16. The molecule has 4 rings (SSSR count). The van der Waals surface area contributed by atoms with E-state index in [1.807, 2.05) is 23.1 Å². The highest BCUT2D eigenvalue weighted by Gasteiger charge is 2.33. The number of likely N-dealkylation sites (tertiary alicyclic amines) is 1. The lowest BCUT2D eigenvalue weighted by molar-refractivity contribution is -0.132. The number of amides is 1. The van der Waals surface area contributed by atoms with Gasteiger partial charge in [0.05, 0.1) is 17.1 Å². The first-order chi connectivity index (χ1) is 15.3. The Labute approximate surface area is 188 Å². The predicted molar refractivity (Wildman–Crippen MR) is 125 cm³/mol. The second kappa shape index (κ2) is 9.18. The summed E-state index contributed by atoms with van der Waals surface area (Å²) in [6.45, 7) is 8.26. The maximum absolute atomic E-state index is 13.2. The molecule has 1 N–H and O–H groups in total. The van der Waals surface area contributed by atoms with Crippen molar-refractivity contribution in [2.75, 3.05) is 6.54 Å². The summed E-state index contributed by atoms with van der Waals surface area (Å²) in [6.07, 6.45) is 2.85. The van der Waals surface area contributed by atoms with Crippen molar-refractivity contribution in [3.63, 3.8) is 0 Å². The number of benzene rings is 1. The van der Waals surface area contributed by atoms with E-state index in [4.69, 9.17) is 4.98 Å². The molecule has 170 valence electrons. The van der Waals surface area contributed by atoms with Crippen molar-refractivity contribution in [1.82, 2.24) is 19.0 Å². The number of pyridine rings is 1. The van der Waals surface area contributed by atoms with Gasteiger partial charge in [0.15, 0.2) is 0 Å². The van der Waals surface area contributed by atoms with E-state index in [0.29, 0.717) is 31.0 Å². The Bertz CT molecular complexity index is 1180. The molecule has 1 atom stereocenters. The molecule has 32 heavy (non-hydrogen) atoms. The first kappa shape index (κ1) is 22.1. The molecule has 0 aliphatic carbocycles. The zero-order chi connectivity index (χ0) is 22.8. The van der Waals surface area contributed by atoms with Crippen molar-refractivity contribution in [3.8, 4) is 5.75 Å². The number of carbonyl (C=O) groups is 1. The number of aromatic nitrogens is 3. The zero-order valence-corrected chi connectivity index (χ0v) is 19.1. The molecule has 0 bridgehead atoms. The van der Waals surface area contributed by atoms with Crippen LogP contribution in [0.1, 0.15) is 57.1 Å². The summed E-state index contributed by atoms with van der Waals surface area (Å²) in [7, 11) is 0. The van der Waals surface area contributed by atoms with Crippen molar-refractivity contribution in [3.05, 3.63) is 58.3 Å². The number of hydrogen-bond acceptors (Lipinski definition) is 4. The van der Waals surface area contributed by atoms with Crippen molar-refractivity contribution < 1.29 is 9.90 Å². The Kier molecular flexibility index (Phi) is 6.35. The van der Waals surface area contributed by atoms with Crippen LogP contribution in [-0.2, 0) is 17.9 Å². The number of hydrogen-bond donors (Lipinski definition) is 1. The van der Waals surface area contributed by atoms with Crippen LogP contribution in [0.3, 0.4) is 0 Å². The molecule has 1 saturated heterocycles. The third-order valence-corrected chi connectivity index (χ3v) is 6.20. The molecule has 1 aliphatic heterocycles. The summed E-state index contributed by atoms with van der Waals surface area (Å²) in [6, 6.07) is 11.0. The van der Waals surface area contributed by atoms with E-state index in [0.717, 1.165) is 42.8 Å². The van der Waals surface area contributed by atoms with Gasteiger partial charge in [-0.25, -0.2) is 4.98 Å². The smallest absolute Gasteiger partial charge is 0.254 e. The summed E-state index contributed by atoms with van der Waals surface area (Å²) in [5, 5.41) is 9.56. The van der Waals surface area contributed by atoms with Gasteiger partial charge in [0.25, 0.3) is 5.56 Å². The number of carbonyl (C=O) groups excluding carboxylic acids is 1. The first-order valence-electron chi connectivity index (χ1n) is 11.5. The summed E-state index contributed by atoms with van der Waals surface area (Å²) < 4.78 is 3.89. The van der Waals surface area contributed by atoms with E-state index in [2.05, 4.69) is 24.5 Å². The largest absolute Gasteiger partial charge is 0.508 e. The molecule has 1 amide bonds. The van der Waals surface area contributed by atoms with Gasteiger partial charge < -0.3 is 19.1 Å². The van der Waals surface area contributed by atoms with Crippen LogP contribution in [0.25, 0.3) is 11.0 Å². The lowest BCUT2D eigenvalue weighted by Gasteiger charge is -2.26. The van der Waals surface area contributed by atoms with Gasteiger partial charge in [-0.3, -0.25) is 9.59 Å². The SMILES string of the molecule is Cc1cc(O)cc(=O)n1CCCC(=O)N1CCC[C@H]1c1nc2ccccc2n1CC(C)C. The average molecular weight is 437 g/mol. The van der Waals surface area contributed by atoms with Crippen LogP contribution in [0.5, 0.6) is 5.75 Å². The van der Waals surface area contributed by atoms with E-state index in [-0.39, 0.29) is 23.3 Å². The highest BCUT2D eigenvalue weighted by Crippen LogP contribution is 2.34. The average Bonchev–Trinajstić information content (AvgIpc) is 3.34. The minimum Gasteiger partial charge on any atom is -0.508 e. The molecule has 7 heteroatoms. The molecule has 1 fully saturated rings. The maximum Gasteiger partial charge on any atom is 0.254 e. The highest BCUT2D eigenvalue weighted by atomic mass is 16.3. The number of para-hydroxylation sites is 2. The lowest BCUT2D eigenvalue weighted by atomic mass is 10.1. The van der Waals surface area contributed by atoms with Crippen molar-refractivity contribution in [1.29, 1.82) is 0 Å². The van der Waals surface area contributed by atoms with Crippen molar-refractivity contribution in [2.45, 2.75) is 65.6 Å². The van der Waals surface area contributed by atoms with Crippen LogP contribution >= 0.6 is 0 Å². The van der Waals surface area contributed by atoms with Crippen LogP contribution in [0.2, 0.25) is 0 Å². The Morgan fingerprint density at radius 2 is 2.00 bits per heavy atom. The summed E-state index contributed by atoms with van der Waals surface area (Å²) in [4.78, 5) is 32.2. The number of imidazole rings is 1. The number of fused-ring (bicyclic) bond motifs is 1. The van der Waals surface area contributed by atoms with E-state index >= 15 is 0 Å². The zero-order valence-electron chi connectivity index (χ0n) is 19.1. The van der Waals surface area contributed by atoms with E-state index in [1.54, 1.807) is 17.6 Å². The van der Waals surface area contributed by atoms with Gasteiger partial charge in [0, 0.05) is 37.8 Å². The normalized spacial score (nSPS) is 16.4. The molecule has 3 heterocycles. The second-order valence-electron chi connectivity index (χ2n) is 9.16. The fourth-order valence-electron chi connectivity index (χ4n) is 4.77. The van der Waals surface area contributed by atoms with Crippen LogP contribution in [0, 0.1) is 12.8 Å². The number of nitrogens with zero attached hydrogens (tertiary/aromatic N) is 4. The maximum atomic E-state index is 13.2. The molecule has 1 aromatic carbocycles. The number of rotatable bonds is 7. The first-order valence-corrected chi connectivity index (χ1v) is 11.5. The Balaban J connectivity index is 1.50. The summed E-state index contributed by atoms with van der Waals surface area (Å²) in [5.74, 6) is 1.55. The van der Waals surface area contributed by atoms with Gasteiger partial charge in [-0.1, -0.05) is 26.0 Å². The van der Waals surface area contributed by atoms with Crippen LogP contribution in [0.15, 0.2) is 41.2 Å². The molecule has 0 radical (unpaired) electrons. The van der Waals surface area contributed by atoms with E-state index in [9.17, 15) is 14.7 Å². The fraction of sp³-hybridized carbons (Fsp3) is 0.480. The third-order valence-electron chi connectivity index (χ3n) is 6.20. The topological polar surface area (TPSA) is 80.4 Å². The molecule has 0 spiro atoms. The Morgan fingerprint density at radius 1 is 1.22 bits per heavy atom. The van der Waals surface area contributed by atoms with Gasteiger partial charge in [0.1, 0.15) is 11.6 Å². The molecule has 2 aromatic heterocycles. The lowest BCUT2D eigenvalue weighted by Crippen LogP contribution is -2.32. The molecular weight excluding hydrogens is 404 g/mol. The predicted octanol–water partition coefficient (Wildman–Crippen LogP) is 4.01. The van der Waals surface area contributed by atoms with E-state index in [1.165, 1.54) is 6.07 Å². The number of aryl methyl sites for hydroxylation is 1. The Morgan fingerprint density at radius 3 is 2.75 bits per heavy atom. The fourth-order valence-corrected chi connectivity index (χ4v) is 4.77. The molecule has 3 aromatic rings. The van der Waals surface area contributed by atoms with Crippen molar-refractivity contribution >= 4 is 16.9 Å². The molecule has 1 aliphatic rings. The molecular formula is C25H32N4O3. The monoisotopic (exact) mass is 436 g/mol. The van der Waals surface area contributed by atoms with Gasteiger partial charge in [-0.05, 0) is 50.3 Å². The summed E-state index contributed by atoms with van der Waals surface area (Å²) in [5.41, 5.74) is 2.56.